The van der Waals surface area contributed by atoms with Gasteiger partial charge < -0.3 is 5.32 Å². The van der Waals surface area contributed by atoms with Crippen molar-refractivity contribution in [2.75, 3.05) is 0 Å². The van der Waals surface area contributed by atoms with Crippen LogP contribution in [0, 0.1) is 19.3 Å². The van der Waals surface area contributed by atoms with Gasteiger partial charge in [-0.25, -0.2) is 0 Å². The highest BCUT2D eigenvalue weighted by Crippen LogP contribution is 2.27. The topological polar surface area (TPSA) is 29.1 Å². The molecule has 0 heterocycles. The van der Waals surface area contributed by atoms with Crippen LogP contribution in [-0.2, 0) is 4.79 Å². The zero-order valence-corrected chi connectivity index (χ0v) is 14.1. The number of aryl methyl sites for hydroxylation is 2. The number of amides is 1. The summed E-state index contributed by atoms with van der Waals surface area (Å²) in [6.07, 6.45) is 0. The van der Waals surface area contributed by atoms with Gasteiger partial charge in [-0.3, -0.25) is 4.79 Å². The van der Waals surface area contributed by atoms with Crippen molar-refractivity contribution in [3.63, 3.8) is 0 Å². The van der Waals surface area contributed by atoms with E-state index in [1.54, 1.807) is 0 Å². The molecule has 0 radical (unpaired) electrons. The minimum Gasteiger partial charge on any atom is -0.345 e. The van der Waals surface area contributed by atoms with Crippen molar-refractivity contribution in [1.82, 2.24) is 5.32 Å². The molecule has 0 aromatic heterocycles. The van der Waals surface area contributed by atoms with E-state index in [0.717, 1.165) is 11.1 Å². The van der Waals surface area contributed by atoms with Gasteiger partial charge in [0.05, 0.1) is 6.04 Å². The highest BCUT2D eigenvalue weighted by atomic mass is 16.2. The number of benzene rings is 2. The molecule has 0 saturated carbocycles. The molecule has 2 rings (SSSR count). The smallest absolute Gasteiger partial charge is 0.226 e. The predicted octanol–water partition coefficient (Wildman–Crippen LogP) is 4.56. The van der Waals surface area contributed by atoms with Gasteiger partial charge in [-0.1, -0.05) is 74.9 Å². The molecule has 0 spiro atoms. The van der Waals surface area contributed by atoms with Crippen LogP contribution in [0.25, 0.3) is 0 Å². The third-order valence-corrected chi connectivity index (χ3v) is 3.83. The number of carbonyl (C=O) groups is 1. The predicted molar refractivity (Wildman–Crippen MR) is 91.8 cm³/mol. The number of nitrogens with one attached hydrogen (secondary N) is 1. The molecule has 0 aliphatic rings. The molecule has 1 N–H and O–H groups in total. The zero-order valence-electron chi connectivity index (χ0n) is 14.1. The van der Waals surface area contributed by atoms with Crippen LogP contribution in [0.4, 0.5) is 0 Å². The number of carbonyl (C=O) groups excluding carboxylic acids is 1. The lowest BCUT2D eigenvalue weighted by molar-refractivity contribution is -0.129. The van der Waals surface area contributed by atoms with E-state index in [9.17, 15) is 4.79 Å². The van der Waals surface area contributed by atoms with Crippen LogP contribution in [0.3, 0.4) is 0 Å². The first-order valence-corrected chi connectivity index (χ1v) is 7.72. The summed E-state index contributed by atoms with van der Waals surface area (Å²) in [7, 11) is 0. The number of hydrogen-bond donors (Lipinski definition) is 1. The van der Waals surface area contributed by atoms with Gasteiger partial charge >= 0.3 is 0 Å². The quantitative estimate of drug-likeness (QED) is 0.884. The summed E-state index contributed by atoms with van der Waals surface area (Å²) in [5.41, 5.74) is 4.27. The average molecular weight is 295 g/mol. The molecule has 0 saturated heterocycles. The van der Waals surface area contributed by atoms with Crippen LogP contribution >= 0.6 is 0 Å². The molecule has 22 heavy (non-hydrogen) atoms. The Morgan fingerprint density at radius 3 is 2.18 bits per heavy atom. The fourth-order valence-corrected chi connectivity index (χ4v) is 2.48. The summed E-state index contributed by atoms with van der Waals surface area (Å²) in [5, 5.41) is 3.21. The van der Waals surface area contributed by atoms with Crippen LogP contribution < -0.4 is 5.32 Å². The molecule has 1 amide bonds. The van der Waals surface area contributed by atoms with E-state index in [1.165, 1.54) is 11.1 Å². The maximum atomic E-state index is 12.5. The Balaban J connectivity index is 2.44. The number of rotatable bonds is 3. The molecule has 0 aliphatic heterocycles. The Morgan fingerprint density at radius 1 is 1.00 bits per heavy atom. The summed E-state index contributed by atoms with van der Waals surface area (Å²) in [4.78, 5) is 12.5. The molecule has 2 aromatic rings. The van der Waals surface area contributed by atoms with Crippen molar-refractivity contribution in [3.05, 3.63) is 70.8 Å². The molecule has 2 heteroatoms. The Bertz CT molecular complexity index is 653. The van der Waals surface area contributed by atoms with Gasteiger partial charge in [0.25, 0.3) is 0 Å². The molecule has 2 aromatic carbocycles. The second-order valence-electron chi connectivity index (χ2n) is 6.93. The normalized spacial score (nSPS) is 12.8. The highest BCUT2D eigenvalue weighted by Gasteiger charge is 2.26. The summed E-state index contributed by atoms with van der Waals surface area (Å²) in [6.45, 7) is 9.99. The van der Waals surface area contributed by atoms with Crippen molar-refractivity contribution >= 4 is 5.91 Å². The summed E-state index contributed by atoms with van der Waals surface area (Å²) < 4.78 is 0. The molecular weight excluding hydrogens is 270 g/mol. The minimum absolute atomic E-state index is 0.0568. The van der Waals surface area contributed by atoms with Crippen LogP contribution in [0.5, 0.6) is 0 Å². The van der Waals surface area contributed by atoms with Crippen LogP contribution in [0.2, 0.25) is 0 Å². The lowest BCUT2D eigenvalue weighted by atomic mass is 9.90. The van der Waals surface area contributed by atoms with Gasteiger partial charge in [-0.05, 0) is 30.5 Å². The van der Waals surface area contributed by atoms with Crippen molar-refractivity contribution in [1.29, 1.82) is 0 Å². The molecule has 2 nitrogen and oxygen atoms in total. The molecule has 0 bridgehead atoms. The fourth-order valence-electron chi connectivity index (χ4n) is 2.48. The van der Waals surface area contributed by atoms with Crippen molar-refractivity contribution in [2.45, 2.75) is 40.7 Å². The van der Waals surface area contributed by atoms with Gasteiger partial charge in [-0.2, -0.15) is 0 Å². The van der Waals surface area contributed by atoms with E-state index in [0.29, 0.717) is 0 Å². The van der Waals surface area contributed by atoms with E-state index in [2.05, 4.69) is 49.5 Å². The van der Waals surface area contributed by atoms with E-state index < -0.39 is 5.41 Å². The Kier molecular flexibility index (Phi) is 4.70. The minimum atomic E-state index is -0.411. The summed E-state index contributed by atoms with van der Waals surface area (Å²) in [5.74, 6) is 0.0568. The lowest BCUT2D eigenvalue weighted by Crippen LogP contribution is -2.38. The maximum absolute atomic E-state index is 12.5. The molecule has 0 fully saturated rings. The van der Waals surface area contributed by atoms with E-state index in [1.807, 2.05) is 39.0 Å². The third kappa shape index (κ3) is 3.76. The molecule has 0 unspecified atom stereocenters. The molecule has 0 aliphatic carbocycles. The Labute approximate surface area is 133 Å². The van der Waals surface area contributed by atoms with Gasteiger partial charge in [0.1, 0.15) is 0 Å². The van der Waals surface area contributed by atoms with Gasteiger partial charge in [0.15, 0.2) is 0 Å². The Hall–Kier alpha value is -2.09. The third-order valence-electron chi connectivity index (χ3n) is 3.83. The largest absolute Gasteiger partial charge is 0.345 e. The average Bonchev–Trinajstić information content (AvgIpc) is 2.45. The fraction of sp³-hybridized carbons (Fsp3) is 0.350. The van der Waals surface area contributed by atoms with E-state index in [4.69, 9.17) is 0 Å². The molecular formula is C20H25NO. The number of hydrogen-bond acceptors (Lipinski definition) is 1. The second-order valence-corrected chi connectivity index (χ2v) is 6.93. The standard InChI is InChI=1S/C20H25NO/c1-14-11-12-17(15(2)13-14)18(16-9-7-6-8-10-16)21-19(22)20(3,4)5/h6-13,18H,1-5H3,(H,21,22)/t18-/m1/s1. The Morgan fingerprint density at radius 2 is 1.64 bits per heavy atom. The first-order chi connectivity index (χ1) is 10.3. The highest BCUT2D eigenvalue weighted by molar-refractivity contribution is 5.82. The summed E-state index contributed by atoms with van der Waals surface area (Å²) in [6, 6.07) is 16.4. The van der Waals surface area contributed by atoms with E-state index in [-0.39, 0.29) is 11.9 Å². The van der Waals surface area contributed by atoms with Crippen molar-refractivity contribution in [2.24, 2.45) is 5.41 Å². The zero-order chi connectivity index (χ0) is 16.3. The van der Waals surface area contributed by atoms with Crippen LogP contribution in [0.15, 0.2) is 48.5 Å². The molecule has 1 atom stereocenters. The first kappa shape index (κ1) is 16.3. The molecule has 116 valence electrons. The van der Waals surface area contributed by atoms with Crippen LogP contribution in [-0.4, -0.2) is 5.91 Å². The summed E-state index contributed by atoms with van der Waals surface area (Å²) >= 11 is 0. The lowest BCUT2D eigenvalue weighted by Gasteiger charge is -2.26. The van der Waals surface area contributed by atoms with Crippen LogP contribution in [0.1, 0.15) is 49.1 Å². The van der Waals surface area contributed by atoms with Gasteiger partial charge in [0.2, 0.25) is 5.91 Å². The van der Waals surface area contributed by atoms with Crippen molar-refractivity contribution < 1.29 is 4.79 Å². The maximum Gasteiger partial charge on any atom is 0.226 e. The van der Waals surface area contributed by atoms with Crippen molar-refractivity contribution in [3.8, 4) is 0 Å². The van der Waals surface area contributed by atoms with E-state index >= 15 is 0 Å². The van der Waals surface area contributed by atoms with Gasteiger partial charge in [0, 0.05) is 5.41 Å². The van der Waals surface area contributed by atoms with Gasteiger partial charge in [-0.15, -0.1) is 0 Å². The SMILES string of the molecule is Cc1ccc([C@H](NC(=O)C(C)(C)C)c2ccccc2)c(C)c1. The first-order valence-electron chi connectivity index (χ1n) is 7.72. The second kappa shape index (κ2) is 6.35. The monoisotopic (exact) mass is 295 g/mol.